The average molecular weight is 477 g/mol. The number of rotatable bonds is 9. The van der Waals surface area contributed by atoms with Crippen LogP contribution in [-0.4, -0.2) is 33.7 Å². The third-order valence-corrected chi connectivity index (χ3v) is 6.56. The van der Waals surface area contributed by atoms with Gasteiger partial charge in [-0.2, -0.15) is 10.4 Å². The normalized spacial score (nSPS) is 11.1. The second-order valence-corrected chi connectivity index (χ2v) is 9.34. The van der Waals surface area contributed by atoms with Crippen LogP contribution in [0.4, 0.5) is 5.69 Å². The van der Waals surface area contributed by atoms with Crippen molar-refractivity contribution in [2.75, 3.05) is 17.5 Å². The maximum absolute atomic E-state index is 13.4. The largest absolute Gasteiger partial charge is 0.479 e. The van der Waals surface area contributed by atoms with Gasteiger partial charge in [-0.15, -0.1) is 0 Å². The molecule has 0 aliphatic heterocycles. The van der Waals surface area contributed by atoms with Crippen molar-refractivity contribution in [2.24, 2.45) is 5.10 Å². The molecule has 3 rings (SSSR count). The molecule has 0 atom stereocenters. The van der Waals surface area contributed by atoms with Crippen molar-refractivity contribution in [1.29, 1.82) is 5.26 Å². The number of anilines is 1. The molecule has 9 heteroatoms. The molecule has 0 heterocycles. The molecule has 0 radical (unpaired) electrons. The Balaban J connectivity index is 1.76. The zero-order valence-electron chi connectivity index (χ0n) is 18.8. The molecule has 0 bridgehead atoms. The fourth-order valence-electron chi connectivity index (χ4n) is 3.05. The van der Waals surface area contributed by atoms with Crippen molar-refractivity contribution in [2.45, 2.75) is 18.7 Å². The Morgan fingerprint density at radius 2 is 1.76 bits per heavy atom. The number of benzene rings is 3. The summed E-state index contributed by atoms with van der Waals surface area (Å²) in [6.45, 7) is 3.22. The van der Waals surface area contributed by atoms with Crippen molar-refractivity contribution >= 4 is 27.8 Å². The summed E-state index contributed by atoms with van der Waals surface area (Å²) < 4.78 is 33.0. The molecular weight excluding hydrogens is 452 g/mol. The fraction of sp³-hybridized carbons (Fsp3) is 0.160. The standard InChI is InChI=1S/C25H24N4O4S/c1-19-6-12-24(13-7-19)34(31,32)29(22-5-3-4-20(2)16-22)18-25(30)28-27-17-21-8-10-23(11-9-21)33-15-14-26/h3-13,16-17H,15,18H2,1-2H3,(H,28,30)/b27-17+. The number of aryl methyl sites for hydroxylation is 2. The van der Waals surface area contributed by atoms with Crippen LogP contribution in [0.25, 0.3) is 0 Å². The molecule has 34 heavy (non-hydrogen) atoms. The molecule has 0 aromatic heterocycles. The zero-order valence-corrected chi connectivity index (χ0v) is 19.6. The topological polar surface area (TPSA) is 112 Å². The number of hydrogen-bond acceptors (Lipinski definition) is 6. The van der Waals surface area contributed by atoms with E-state index in [0.717, 1.165) is 15.4 Å². The highest BCUT2D eigenvalue weighted by molar-refractivity contribution is 7.92. The van der Waals surface area contributed by atoms with E-state index in [2.05, 4.69) is 10.5 Å². The van der Waals surface area contributed by atoms with E-state index in [1.54, 1.807) is 54.6 Å². The van der Waals surface area contributed by atoms with Crippen LogP contribution < -0.4 is 14.5 Å². The first-order valence-corrected chi connectivity index (χ1v) is 11.8. The van der Waals surface area contributed by atoms with E-state index >= 15 is 0 Å². The number of hydrogen-bond donors (Lipinski definition) is 1. The highest BCUT2D eigenvalue weighted by atomic mass is 32.2. The number of nitriles is 1. The molecule has 0 saturated heterocycles. The smallest absolute Gasteiger partial charge is 0.264 e. The number of carbonyl (C=O) groups is 1. The van der Waals surface area contributed by atoms with E-state index in [-0.39, 0.29) is 11.5 Å². The van der Waals surface area contributed by atoms with Crippen LogP contribution in [-0.2, 0) is 14.8 Å². The van der Waals surface area contributed by atoms with E-state index in [1.807, 2.05) is 26.0 Å². The van der Waals surface area contributed by atoms with Crippen LogP contribution in [0.2, 0.25) is 0 Å². The number of nitrogens with one attached hydrogen (secondary N) is 1. The molecule has 174 valence electrons. The van der Waals surface area contributed by atoms with E-state index in [4.69, 9.17) is 10.00 Å². The first-order chi connectivity index (χ1) is 16.3. The quantitative estimate of drug-likeness (QED) is 0.375. The Kier molecular flexibility index (Phi) is 8.01. The molecule has 1 amide bonds. The molecular formula is C25H24N4O4S. The van der Waals surface area contributed by atoms with Crippen molar-refractivity contribution < 1.29 is 17.9 Å². The van der Waals surface area contributed by atoms with Crippen LogP contribution in [0.5, 0.6) is 5.75 Å². The van der Waals surface area contributed by atoms with Gasteiger partial charge in [0.05, 0.1) is 16.8 Å². The first kappa shape index (κ1) is 24.5. The van der Waals surface area contributed by atoms with Gasteiger partial charge in [-0.05, 0) is 73.5 Å². The zero-order chi connectivity index (χ0) is 24.6. The highest BCUT2D eigenvalue weighted by Crippen LogP contribution is 2.24. The number of nitrogens with zero attached hydrogens (tertiary/aromatic N) is 3. The SMILES string of the molecule is Cc1ccc(S(=O)(=O)N(CC(=O)N/N=C/c2ccc(OCC#N)cc2)c2cccc(C)c2)cc1. The van der Waals surface area contributed by atoms with Gasteiger partial charge in [0.15, 0.2) is 6.61 Å². The van der Waals surface area contributed by atoms with Gasteiger partial charge in [0.25, 0.3) is 15.9 Å². The van der Waals surface area contributed by atoms with Crippen LogP contribution >= 0.6 is 0 Å². The molecule has 0 unspecified atom stereocenters. The minimum absolute atomic E-state index is 0.0492. The summed E-state index contributed by atoms with van der Waals surface area (Å²) in [4.78, 5) is 12.7. The summed E-state index contributed by atoms with van der Waals surface area (Å²) in [5.41, 5.74) is 5.24. The lowest BCUT2D eigenvalue weighted by Crippen LogP contribution is -2.39. The number of carbonyl (C=O) groups excluding carboxylic acids is 1. The van der Waals surface area contributed by atoms with Crippen LogP contribution in [0, 0.1) is 25.2 Å². The van der Waals surface area contributed by atoms with E-state index in [1.165, 1.54) is 18.3 Å². The second kappa shape index (κ2) is 11.1. The number of ether oxygens (including phenoxy) is 1. The Morgan fingerprint density at radius 1 is 1.06 bits per heavy atom. The van der Waals surface area contributed by atoms with Crippen molar-refractivity contribution in [3.05, 3.63) is 89.5 Å². The van der Waals surface area contributed by atoms with Gasteiger partial charge in [0.1, 0.15) is 18.4 Å². The summed E-state index contributed by atoms with van der Waals surface area (Å²) in [5, 5.41) is 12.5. The lowest BCUT2D eigenvalue weighted by atomic mass is 10.2. The third-order valence-electron chi connectivity index (χ3n) is 4.77. The maximum atomic E-state index is 13.4. The van der Waals surface area contributed by atoms with E-state index in [9.17, 15) is 13.2 Å². The molecule has 8 nitrogen and oxygen atoms in total. The molecule has 0 spiro atoms. The molecule has 3 aromatic rings. The average Bonchev–Trinajstić information content (AvgIpc) is 2.82. The lowest BCUT2D eigenvalue weighted by Gasteiger charge is -2.24. The number of amides is 1. The minimum atomic E-state index is -3.99. The lowest BCUT2D eigenvalue weighted by molar-refractivity contribution is -0.119. The number of hydrazone groups is 1. The summed E-state index contributed by atoms with van der Waals surface area (Å²) in [6, 6.07) is 22.1. The third kappa shape index (κ3) is 6.43. The summed E-state index contributed by atoms with van der Waals surface area (Å²) in [6.07, 6.45) is 1.43. The Bertz CT molecular complexity index is 1310. The second-order valence-electron chi connectivity index (χ2n) is 7.47. The monoisotopic (exact) mass is 476 g/mol. The summed E-state index contributed by atoms with van der Waals surface area (Å²) >= 11 is 0. The van der Waals surface area contributed by atoms with Gasteiger partial charge in [0, 0.05) is 0 Å². The predicted octanol–water partition coefficient (Wildman–Crippen LogP) is 3.55. The van der Waals surface area contributed by atoms with Gasteiger partial charge in [-0.1, -0.05) is 29.8 Å². The summed E-state index contributed by atoms with van der Waals surface area (Å²) in [7, 11) is -3.99. The minimum Gasteiger partial charge on any atom is -0.479 e. The van der Waals surface area contributed by atoms with Crippen molar-refractivity contribution in [1.82, 2.24) is 5.43 Å². The van der Waals surface area contributed by atoms with Crippen molar-refractivity contribution in [3.63, 3.8) is 0 Å². The van der Waals surface area contributed by atoms with Gasteiger partial charge in [0.2, 0.25) is 0 Å². The van der Waals surface area contributed by atoms with Gasteiger partial charge in [-0.25, -0.2) is 13.8 Å². The Hall–Kier alpha value is -4.16. The van der Waals surface area contributed by atoms with Crippen molar-refractivity contribution in [3.8, 4) is 11.8 Å². The van der Waals surface area contributed by atoms with Crippen LogP contribution in [0.15, 0.2) is 82.8 Å². The molecule has 1 N–H and O–H groups in total. The number of sulfonamides is 1. The van der Waals surface area contributed by atoms with Crippen LogP contribution in [0.1, 0.15) is 16.7 Å². The molecule has 3 aromatic carbocycles. The van der Waals surface area contributed by atoms with E-state index in [0.29, 0.717) is 17.0 Å². The molecule has 0 aliphatic rings. The van der Waals surface area contributed by atoms with Crippen LogP contribution in [0.3, 0.4) is 0 Å². The van der Waals surface area contributed by atoms with Gasteiger partial charge in [-0.3, -0.25) is 9.10 Å². The van der Waals surface area contributed by atoms with Gasteiger partial charge >= 0.3 is 0 Å². The van der Waals surface area contributed by atoms with E-state index < -0.39 is 22.5 Å². The maximum Gasteiger partial charge on any atom is 0.264 e. The Labute approximate surface area is 199 Å². The fourth-order valence-corrected chi connectivity index (χ4v) is 4.46. The van der Waals surface area contributed by atoms with Gasteiger partial charge < -0.3 is 4.74 Å². The predicted molar refractivity (Wildman–Crippen MR) is 130 cm³/mol. The highest BCUT2D eigenvalue weighted by Gasteiger charge is 2.27. The molecule has 0 aliphatic carbocycles. The summed E-state index contributed by atoms with van der Waals surface area (Å²) in [5.74, 6) is -0.0553. The molecule has 0 fully saturated rings. The first-order valence-electron chi connectivity index (χ1n) is 10.4. The molecule has 0 saturated carbocycles. The Morgan fingerprint density at radius 3 is 2.41 bits per heavy atom.